The van der Waals surface area contributed by atoms with Crippen molar-refractivity contribution in [3.8, 4) is 0 Å². The van der Waals surface area contributed by atoms with Crippen molar-refractivity contribution in [3.63, 3.8) is 0 Å². The summed E-state index contributed by atoms with van der Waals surface area (Å²) in [7, 11) is 1.45. The molecule has 1 aromatic carbocycles. The molecule has 1 heterocycles. The Kier molecular flexibility index (Phi) is 6.87. The number of fused-ring (bicyclic) bond motifs is 1. The standard InChI is InChI=1S/C17H21N3O3S/c1-18-16(23)13(21)9-4-2-3-5-11-15(22)20-17-19-12-8-6-7-10-14(12)24-17/h6-8,10H,2-5,9,11H2,1H3,(H,18,23)(H,19,20,22). The molecule has 0 bridgehead atoms. The number of aromatic nitrogens is 1. The molecular weight excluding hydrogens is 326 g/mol. The lowest BCUT2D eigenvalue weighted by Gasteiger charge is -2.02. The van der Waals surface area contributed by atoms with E-state index in [-0.39, 0.29) is 18.1 Å². The molecule has 1 aromatic heterocycles. The summed E-state index contributed by atoms with van der Waals surface area (Å²) >= 11 is 1.46. The third-order valence-electron chi connectivity index (χ3n) is 3.58. The van der Waals surface area contributed by atoms with Crippen LogP contribution in [0.15, 0.2) is 24.3 Å². The monoisotopic (exact) mass is 347 g/mol. The SMILES string of the molecule is CNC(=O)C(=O)CCCCCCC(=O)Nc1nc2ccccc2s1. The van der Waals surface area contributed by atoms with Crippen LogP contribution >= 0.6 is 11.3 Å². The molecule has 2 N–H and O–H groups in total. The van der Waals surface area contributed by atoms with Crippen LogP contribution < -0.4 is 10.6 Å². The molecular formula is C17H21N3O3S. The van der Waals surface area contributed by atoms with Gasteiger partial charge in [-0.1, -0.05) is 36.3 Å². The number of carbonyl (C=O) groups is 3. The number of ketones is 1. The van der Waals surface area contributed by atoms with E-state index in [1.165, 1.54) is 18.4 Å². The first-order valence-corrected chi connectivity index (χ1v) is 8.82. The van der Waals surface area contributed by atoms with Gasteiger partial charge in [0.25, 0.3) is 5.91 Å². The predicted octanol–water partition coefficient (Wildman–Crippen LogP) is 2.89. The van der Waals surface area contributed by atoms with Crippen molar-refractivity contribution in [2.45, 2.75) is 38.5 Å². The lowest BCUT2D eigenvalue weighted by molar-refractivity contribution is -0.137. The predicted molar refractivity (Wildman–Crippen MR) is 95.0 cm³/mol. The van der Waals surface area contributed by atoms with Gasteiger partial charge in [0, 0.05) is 19.9 Å². The first-order chi connectivity index (χ1) is 11.6. The maximum Gasteiger partial charge on any atom is 0.287 e. The zero-order valence-corrected chi connectivity index (χ0v) is 14.4. The zero-order valence-electron chi connectivity index (χ0n) is 13.6. The highest BCUT2D eigenvalue weighted by atomic mass is 32.1. The Bertz CT molecular complexity index is 694. The van der Waals surface area contributed by atoms with Crippen LogP contribution in [0.1, 0.15) is 38.5 Å². The Labute approximate surface area is 144 Å². The van der Waals surface area contributed by atoms with E-state index in [1.54, 1.807) is 0 Å². The minimum Gasteiger partial charge on any atom is -0.353 e. The second-order valence-electron chi connectivity index (χ2n) is 5.45. The second kappa shape index (κ2) is 9.12. The Morgan fingerprint density at radius 3 is 2.46 bits per heavy atom. The van der Waals surface area contributed by atoms with Crippen molar-refractivity contribution in [2.75, 3.05) is 12.4 Å². The molecule has 2 aromatic rings. The average Bonchev–Trinajstić information content (AvgIpc) is 2.98. The molecule has 128 valence electrons. The molecule has 6 nitrogen and oxygen atoms in total. The number of carbonyl (C=O) groups excluding carboxylic acids is 3. The Morgan fingerprint density at radius 1 is 1.04 bits per heavy atom. The van der Waals surface area contributed by atoms with Gasteiger partial charge in [0.1, 0.15) is 0 Å². The first-order valence-electron chi connectivity index (χ1n) is 8.00. The van der Waals surface area contributed by atoms with Gasteiger partial charge in [0.2, 0.25) is 11.7 Å². The number of anilines is 1. The van der Waals surface area contributed by atoms with Gasteiger partial charge < -0.3 is 10.6 Å². The minimum absolute atomic E-state index is 0.0458. The van der Waals surface area contributed by atoms with Crippen LogP contribution in [0.4, 0.5) is 5.13 Å². The van der Waals surface area contributed by atoms with Crippen molar-refractivity contribution in [1.82, 2.24) is 10.3 Å². The molecule has 24 heavy (non-hydrogen) atoms. The zero-order chi connectivity index (χ0) is 17.4. The Morgan fingerprint density at radius 2 is 1.75 bits per heavy atom. The maximum absolute atomic E-state index is 11.9. The molecule has 0 aliphatic heterocycles. The third-order valence-corrected chi connectivity index (χ3v) is 4.53. The number of rotatable bonds is 9. The van der Waals surface area contributed by atoms with Crippen LogP contribution in [-0.2, 0) is 14.4 Å². The normalized spacial score (nSPS) is 10.5. The van der Waals surface area contributed by atoms with Crippen LogP contribution in [0.3, 0.4) is 0 Å². The Hall–Kier alpha value is -2.28. The molecule has 7 heteroatoms. The average molecular weight is 347 g/mol. The van der Waals surface area contributed by atoms with Crippen LogP contribution in [0.5, 0.6) is 0 Å². The largest absolute Gasteiger partial charge is 0.353 e. The summed E-state index contributed by atoms with van der Waals surface area (Å²) < 4.78 is 1.05. The van der Waals surface area contributed by atoms with Crippen molar-refractivity contribution >= 4 is 44.3 Å². The fourth-order valence-corrected chi connectivity index (χ4v) is 3.17. The number of para-hydroxylation sites is 1. The van der Waals surface area contributed by atoms with E-state index >= 15 is 0 Å². The number of unbranched alkanes of at least 4 members (excludes halogenated alkanes) is 3. The van der Waals surface area contributed by atoms with Gasteiger partial charge in [-0.15, -0.1) is 0 Å². The number of nitrogens with zero attached hydrogens (tertiary/aromatic N) is 1. The lowest BCUT2D eigenvalue weighted by Crippen LogP contribution is -2.27. The highest BCUT2D eigenvalue weighted by Crippen LogP contribution is 2.25. The number of hydrogen-bond donors (Lipinski definition) is 2. The summed E-state index contributed by atoms with van der Waals surface area (Å²) in [5, 5.41) is 5.77. The van der Waals surface area contributed by atoms with Crippen molar-refractivity contribution in [2.24, 2.45) is 0 Å². The number of nitrogens with one attached hydrogen (secondary N) is 2. The number of amides is 2. The molecule has 0 radical (unpaired) electrons. The smallest absolute Gasteiger partial charge is 0.287 e. The Balaban J connectivity index is 1.61. The number of likely N-dealkylation sites (N-methyl/N-ethyl adjacent to an activating group) is 1. The van der Waals surface area contributed by atoms with Gasteiger partial charge in [-0.3, -0.25) is 14.4 Å². The summed E-state index contributed by atoms with van der Waals surface area (Å²) in [5.74, 6) is -0.966. The van der Waals surface area contributed by atoms with Crippen LogP contribution in [0, 0.1) is 0 Å². The highest BCUT2D eigenvalue weighted by molar-refractivity contribution is 7.22. The van der Waals surface area contributed by atoms with Crippen molar-refractivity contribution in [3.05, 3.63) is 24.3 Å². The van der Waals surface area contributed by atoms with E-state index in [2.05, 4.69) is 15.6 Å². The lowest BCUT2D eigenvalue weighted by atomic mass is 10.1. The number of benzene rings is 1. The maximum atomic E-state index is 11.9. The molecule has 0 atom stereocenters. The second-order valence-corrected chi connectivity index (χ2v) is 6.48. The molecule has 0 saturated heterocycles. The van der Waals surface area contributed by atoms with E-state index in [0.717, 1.165) is 29.5 Å². The quantitative estimate of drug-likeness (QED) is 0.539. The molecule has 2 rings (SSSR count). The first kappa shape index (κ1) is 18.1. The molecule has 2 amide bonds. The minimum atomic E-state index is -0.537. The van der Waals surface area contributed by atoms with Gasteiger partial charge in [0.05, 0.1) is 10.2 Å². The summed E-state index contributed by atoms with van der Waals surface area (Å²) in [6.07, 6.45) is 3.80. The van der Waals surface area contributed by atoms with Crippen LogP contribution in [0.25, 0.3) is 10.2 Å². The third kappa shape index (κ3) is 5.42. The summed E-state index contributed by atoms with van der Waals surface area (Å²) in [5.41, 5.74) is 0.888. The summed E-state index contributed by atoms with van der Waals surface area (Å²) in [6, 6.07) is 7.76. The highest BCUT2D eigenvalue weighted by Gasteiger charge is 2.10. The van der Waals surface area contributed by atoms with Crippen LogP contribution in [0.2, 0.25) is 0 Å². The van der Waals surface area contributed by atoms with Gasteiger partial charge in [0.15, 0.2) is 5.13 Å². The van der Waals surface area contributed by atoms with E-state index < -0.39 is 5.91 Å². The molecule has 0 fully saturated rings. The van der Waals surface area contributed by atoms with Crippen molar-refractivity contribution < 1.29 is 14.4 Å². The summed E-state index contributed by atoms with van der Waals surface area (Å²) in [4.78, 5) is 38.6. The molecule has 0 aliphatic rings. The van der Waals surface area contributed by atoms with E-state index in [9.17, 15) is 14.4 Å². The molecule has 0 unspecified atom stereocenters. The molecule has 0 saturated carbocycles. The van der Waals surface area contributed by atoms with Gasteiger partial charge in [-0.2, -0.15) is 0 Å². The van der Waals surface area contributed by atoms with Crippen molar-refractivity contribution in [1.29, 1.82) is 0 Å². The number of Topliss-reactive ketones (excluding diaryl/α,β-unsaturated/α-hetero) is 1. The van der Waals surface area contributed by atoms with Gasteiger partial charge in [-0.25, -0.2) is 4.98 Å². The molecule has 0 spiro atoms. The number of hydrogen-bond acceptors (Lipinski definition) is 5. The van der Waals surface area contributed by atoms with E-state index in [4.69, 9.17) is 0 Å². The van der Waals surface area contributed by atoms with Gasteiger partial charge in [-0.05, 0) is 25.0 Å². The summed E-state index contributed by atoms with van der Waals surface area (Å²) in [6.45, 7) is 0. The van der Waals surface area contributed by atoms with Crippen LogP contribution in [-0.4, -0.2) is 29.6 Å². The topological polar surface area (TPSA) is 88.2 Å². The molecule has 0 aliphatic carbocycles. The fraction of sp³-hybridized carbons (Fsp3) is 0.412. The van der Waals surface area contributed by atoms with Gasteiger partial charge >= 0.3 is 0 Å². The number of thiazole rings is 1. The van der Waals surface area contributed by atoms with E-state index in [0.29, 0.717) is 18.0 Å². The van der Waals surface area contributed by atoms with E-state index in [1.807, 2.05) is 24.3 Å². The fourth-order valence-electron chi connectivity index (χ4n) is 2.29.